The normalized spacial score (nSPS) is 17.4. The average Bonchev–Trinajstić information content (AvgIpc) is 2.75. The summed E-state index contributed by atoms with van der Waals surface area (Å²) in [6, 6.07) is 30.4. The van der Waals surface area contributed by atoms with Gasteiger partial charge in [0.05, 0.1) is 6.10 Å². The monoisotopic (exact) mass is 401 g/mol. The number of para-hydroxylation sites is 1. The number of nitrogens with one attached hydrogen (secondary N) is 1. The summed E-state index contributed by atoms with van der Waals surface area (Å²) in [6.07, 6.45) is 1.26. The van der Waals surface area contributed by atoms with Crippen LogP contribution in [-0.4, -0.2) is 21.7 Å². The second-order valence-electron chi connectivity index (χ2n) is 9.03. The first-order valence-corrected chi connectivity index (χ1v) is 12.2. The van der Waals surface area contributed by atoms with Crippen LogP contribution in [0.1, 0.15) is 38.7 Å². The minimum atomic E-state index is -1.81. The predicted octanol–water partition coefficient (Wildman–Crippen LogP) is 4.56. The molecule has 1 aliphatic heterocycles. The van der Waals surface area contributed by atoms with E-state index in [0.717, 1.165) is 13.0 Å². The summed E-state index contributed by atoms with van der Waals surface area (Å²) in [5, 5.41) is 6.26. The molecule has 3 heteroatoms. The van der Waals surface area contributed by atoms with Gasteiger partial charge in [-0.15, -0.1) is 0 Å². The Bertz CT molecular complexity index is 881. The summed E-state index contributed by atoms with van der Waals surface area (Å²) in [7, 11) is -1.81. The van der Waals surface area contributed by atoms with Crippen LogP contribution in [0.5, 0.6) is 0 Å². The zero-order valence-electron chi connectivity index (χ0n) is 17.6. The fourth-order valence-electron chi connectivity index (χ4n) is 4.47. The summed E-state index contributed by atoms with van der Waals surface area (Å²) >= 11 is 0. The zero-order valence-corrected chi connectivity index (χ0v) is 18.8. The molecular weight excluding hydrogens is 370 g/mol. The Morgan fingerprint density at radius 2 is 1.38 bits per heavy atom. The lowest BCUT2D eigenvalue weighted by molar-refractivity contribution is 0.0608. The summed E-state index contributed by atoms with van der Waals surface area (Å²) in [5.41, 5.74) is 2.70. The van der Waals surface area contributed by atoms with Gasteiger partial charge in [0.2, 0.25) is 9.04 Å². The van der Waals surface area contributed by atoms with E-state index in [4.69, 9.17) is 4.43 Å². The van der Waals surface area contributed by atoms with Crippen molar-refractivity contribution in [1.82, 2.24) is 0 Å². The third kappa shape index (κ3) is 4.47. The Morgan fingerprint density at radius 1 is 0.828 bits per heavy atom. The summed E-state index contributed by atoms with van der Waals surface area (Å²) in [4.78, 5) is 0. The first kappa shape index (κ1) is 19.9. The third-order valence-electron chi connectivity index (χ3n) is 5.84. The smallest absolute Gasteiger partial charge is 0.240 e. The van der Waals surface area contributed by atoms with Gasteiger partial charge in [-0.25, -0.2) is 0 Å². The van der Waals surface area contributed by atoms with Gasteiger partial charge in [0.15, 0.2) is 0 Å². The highest BCUT2D eigenvalue weighted by molar-refractivity contribution is 6.80. The molecule has 2 nitrogen and oxygen atoms in total. The highest BCUT2D eigenvalue weighted by atomic mass is 28.3. The Kier molecular flexibility index (Phi) is 5.88. The van der Waals surface area contributed by atoms with E-state index in [1.807, 2.05) is 0 Å². The van der Waals surface area contributed by atoms with Crippen LogP contribution in [0.2, 0.25) is 0 Å². The lowest BCUT2D eigenvalue weighted by atomic mass is 9.75. The fourth-order valence-corrected chi connectivity index (χ4v) is 7.20. The molecule has 0 aliphatic carbocycles. The second-order valence-corrected chi connectivity index (χ2v) is 11.4. The van der Waals surface area contributed by atoms with Crippen LogP contribution in [0, 0.1) is 5.41 Å². The van der Waals surface area contributed by atoms with E-state index in [-0.39, 0.29) is 11.5 Å². The van der Waals surface area contributed by atoms with Crippen molar-refractivity contribution in [3.8, 4) is 0 Å². The van der Waals surface area contributed by atoms with Crippen LogP contribution >= 0.6 is 0 Å². The highest BCUT2D eigenvalue weighted by Crippen LogP contribution is 2.41. The lowest BCUT2D eigenvalue weighted by Crippen LogP contribution is -2.51. The number of fused-ring (bicyclic) bond motifs is 1. The van der Waals surface area contributed by atoms with E-state index < -0.39 is 9.04 Å². The van der Waals surface area contributed by atoms with Crippen LogP contribution in [0.25, 0.3) is 0 Å². The molecule has 2 atom stereocenters. The zero-order chi connectivity index (χ0) is 20.3. The van der Waals surface area contributed by atoms with Crippen molar-refractivity contribution in [3.05, 3.63) is 90.5 Å². The molecule has 0 saturated carbocycles. The van der Waals surface area contributed by atoms with E-state index >= 15 is 0 Å². The van der Waals surface area contributed by atoms with Gasteiger partial charge in [0, 0.05) is 18.2 Å². The van der Waals surface area contributed by atoms with Crippen molar-refractivity contribution in [1.29, 1.82) is 0 Å². The van der Waals surface area contributed by atoms with Crippen LogP contribution in [0.3, 0.4) is 0 Å². The lowest BCUT2D eigenvalue weighted by Gasteiger charge is -2.42. The van der Waals surface area contributed by atoms with Gasteiger partial charge >= 0.3 is 0 Å². The molecule has 0 amide bonds. The second kappa shape index (κ2) is 8.56. The Balaban J connectivity index is 1.74. The Morgan fingerprint density at radius 3 is 1.97 bits per heavy atom. The van der Waals surface area contributed by atoms with Gasteiger partial charge in [-0.3, -0.25) is 0 Å². The number of rotatable bonds is 5. The standard InChI is InChI=1S/C26H31NOSi/c1-26(2,3)25(23-18-19-27-24-17-11-10-16-22(23)24)28-29(20-12-6-4-7-13-20)21-14-8-5-9-15-21/h4-17,23,25,27,29H,18-19H2,1-3H3. The van der Waals surface area contributed by atoms with E-state index in [0.29, 0.717) is 5.92 Å². The van der Waals surface area contributed by atoms with Crippen LogP contribution in [0.4, 0.5) is 5.69 Å². The highest BCUT2D eigenvalue weighted by Gasteiger charge is 2.38. The summed E-state index contributed by atoms with van der Waals surface area (Å²) in [5.74, 6) is 0.398. The maximum Gasteiger partial charge on any atom is 0.240 e. The number of anilines is 1. The number of hydrogen-bond acceptors (Lipinski definition) is 2. The molecule has 0 spiro atoms. The number of benzene rings is 3. The quantitative estimate of drug-likeness (QED) is 0.633. The molecule has 3 aromatic rings. The molecule has 0 aromatic heterocycles. The molecule has 1 heterocycles. The minimum absolute atomic E-state index is 0.0456. The molecule has 2 unspecified atom stereocenters. The van der Waals surface area contributed by atoms with Crippen molar-refractivity contribution in [2.45, 2.75) is 39.2 Å². The first-order valence-electron chi connectivity index (χ1n) is 10.6. The molecular formula is C26H31NOSi. The third-order valence-corrected chi connectivity index (χ3v) is 8.38. The van der Waals surface area contributed by atoms with Gasteiger partial charge < -0.3 is 9.74 Å². The van der Waals surface area contributed by atoms with Crippen molar-refractivity contribution >= 4 is 25.1 Å². The molecule has 4 rings (SSSR count). The van der Waals surface area contributed by atoms with Crippen LogP contribution in [0.15, 0.2) is 84.9 Å². The van der Waals surface area contributed by atoms with Crippen molar-refractivity contribution in [2.24, 2.45) is 5.41 Å². The maximum atomic E-state index is 7.19. The largest absolute Gasteiger partial charge is 0.407 e. The van der Waals surface area contributed by atoms with E-state index in [2.05, 4.69) is 111 Å². The fraction of sp³-hybridized carbons (Fsp3) is 0.308. The molecule has 0 bridgehead atoms. The van der Waals surface area contributed by atoms with E-state index in [1.165, 1.54) is 21.6 Å². The van der Waals surface area contributed by atoms with Crippen molar-refractivity contribution in [2.75, 3.05) is 11.9 Å². The molecule has 0 saturated heterocycles. The van der Waals surface area contributed by atoms with Gasteiger partial charge in [-0.1, -0.05) is 99.6 Å². The van der Waals surface area contributed by atoms with Gasteiger partial charge in [-0.05, 0) is 33.8 Å². The van der Waals surface area contributed by atoms with Crippen LogP contribution < -0.4 is 15.7 Å². The summed E-state index contributed by atoms with van der Waals surface area (Å²) < 4.78 is 7.19. The molecule has 1 aliphatic rings. The van der Waals surface area contributed by atoms with E-state index in [9.17, 15) is 0 Å². The Labute approximate surface area is 176 Å². The predicted molar refractivity (Wildman–Crippen MR) is 126 cm³/mol. The number of hydrogen-bond donors (Lipinski definition) is 1. The molecule has 0 fully saturated rings. The Hall–Kier alpha value is -2.36. The van der Waals surface area contributed by atoms with Gasteiger partial charge in [0.25, 0.3) is 0 Å². The molecule has 29 heavy (non-hydrogen) atoms. The SMILES string of the molecule is CC(C)(C)C(O[SiH](c1ccccc1)c1ccccc1)C1CCNc2ccccc21. The van der Waals surface area contributed by atoms with E-state index in [1.54, 1.807) is 0 Å². The van der Waals surface area contributed by atoms with Gasteiger partial charge in [0.1, 0.15) is 0 Å². The molecule has 3 aromatic carbocycles. The van der Waals surface area contributed by atoms with Crippen molar-refractivity contribution in [3.63, 3.8) is 0 Å². The molecule has 150 valence electrons. The first-order chi connectivity index (χ1) is 14.0. The average molecular weight is 402 g/mol. The van der Waals surface area contributed by atoms with Crippen molar-refractivity contribution < 1.29 is 4.43 Å². The molecule has 0 radical (unpaired) electrons. The van der Waals surface area contributed by atoms with Gasteiger partial charge in [-0.2, -0.15) is 0 Å². The minimum Gasteiger partial charge on any atom is -0.407 e. The maximum absolute atomic E-state index is 7.19. The van der Waals surface area contributed by atoms with Crippen LogP contribution in [-0.2, 0) is 4.43 Å². The molecule has 1 N–H and O–H groups in total. The summed E-state index contributed by atoms with van der Waals surface area (Å²) in [6.45, 7) is 7.97. The topological polar surface area (TPSA) is 21.3 Å².